The van der Waals surface area contributed by atoms with Gasteiger partial charge < -0.3 is 20.1 Å². The van der Waals surface area contributed by atoms with E-state index in [2.05, 4.69) is 10.6 Å². The van der Waals surface area contributed by atoms with Gasteiger partial charge in [-0.15, -0.1) is 0 Å². The Labute approximate surface area is 114 Å². The number of nitrogens with one attached hydrogen (secondary N) is 2. The Balaban J connectivity index is 2.37. The van der Waals surface area contributed by atoms with Crippen molar-refractivity contribution in [3.8, 4) is 11.5 Å². The number of ether oxygens (including phenoxy) is 2. The highest BCUT2D eigenvalue weighted by atomic mass is 16.5. The van der Waals surface area contributed by atoms with Gasteiger partial charge in [0.25, 0.3) is 0 Å². The third kappa shape index (κ3) is 5.50. The van der Waals surface area contributed by atoms with E-state index >= 15 is 0 Å². The van der Waals surface area contributed by atoms with Gasteiger partial charge in [0, 0.05) is 6.54 Å². The summed E-state index contributed by atoms with van der Waals surface area (Å²) in [6.07, 6.45) is 0.916. The van der Waals surface area contributed by atoms with Crippen molar-refractivity contribution in [3.05, 3.63) is 24.3 Å². The van der Waals surface area contributed by atoms with Gasteiger partial charge in [0.15, 0.2) is 11.5 Å². The van der Waals surface area contributed by atoms with E-state index in [0.29, 0.717) is 24.7 Å². The molecule has 5 heteroatoms. The van der Waals surface area contributed by atoms with E-state index in [1.54, 1.807) is 7.11 Å². The molecule has 106 valence electrons. The minimum absolute atomic E-state index is 0.0817. The van der Waals surface area contributed by atoms with Crippen molar-refractivity contribution in [2.45, 2.75) is 26.3 Å². The Morgan fingerprint density at radius 1 is 1.32 bits per heavy atom. The molecule has 0 aliphatic heterocycles. The van der Waals surface area contributed by atoms with Gasteiger partial charge in [-0.2, -0.15) is 0 Å². The molecule has 5 nitrogen and oxygen atoms in total. The van der Waals surface area contributed by atoms with Crippen LogP contribution in [0.2, 0.25) is 0 Å². The maximum atomic E-state index is 11.4. The zero-order valence-electron chi connectivity index (χ0n) is 11.7. The highest BCUT2D eigenvalue weighted by molar-refractivity contribution is 5.74. The Morgan fingerprint density at radius 2 is 2.00 bits per heavy atom. The zero-order chi connectivity index (χ0) is 14.1. The summed E-state index contributed by atoms with van der Waals surface area (Å²) in [4.78, 5) is 11.4. The van der Waals surface area contributed by atoms with Gasteiger partial charge in [-0.1, -0.05) is 19.1 Å². The van der Waals surface area contributed by atoms with Crippen LogP contribution in [0.25, 0.3) is 0 Å². The third-order valence-electron chi connectivity index (χ3n) is 2.47. The zero-order valence-corrected chi connectivity index (χ0v) is 11.7. The summed E-state index contributed by atoms with van der Waals surface area (Å²) in [6, 6.07) is 7.18. The van der Waals surface area contributed by atoms with Crippen LogP contribution < -0.4 is 20.1 Å². The van der Waals surface area contributed by atoms with E-state index in [1.807, 2.05) is 38.1 Å². The van der Waals surface area contributed by atoms with Gasteiger partial charge in [0.2, 0.25) is 0 Å². The fourth-order valence-corrected chi connectivity index (χ4v) is 1.51. The van der Waals surface area contributed by atoms with Crippen molar-refractivity contribution in [1.82, 2.24) is 10.6 Å². The molecule has 1 rings (SSSR count). The molecule has 1 atom stereocenters. The first-order valence-electron chi connectivity index (χ1n) is 6.47. The third-order valence-corrected chi connectivity index (χ3v) is 2.47. The summed E-state index contributed by atoms with van der Waals surface area (Å²) < 4.78 is 10.8. The van der Waals surface area contributed by atoms with Crippen molar-refractivity contribution >= 4 is 6.03 Å². The predicted octanol–water partition coefficient (Wildman–Crippen LogP) is 2.17. The summed E-state index contributed by atoms with van der Waals surface area (Å²) in [5.41, 5.74) is 0. The maximum Gasteiger partial charge on any atom is 0.315 e. The fraction of sp³-hybridized carbons (Fsp3) is 0.500. The van der Waals surface area contributed by atoms with Crippen molar-refractivity contribution in [2.75, 3.05) is 20.3 Å². The summed E-state index contributed by atoms with van der Waals surface area (Å²) >= 11 is 0. The van der Waals surface area contributed by atoms with Gasteiger partial charge in [-0.3, -0.25) is 0 Å². The molecule has 0 radical (unpaired) electrons. The average molecular weight is 266 g/mol. The number of hydrogen-bond acceptors (Lipinski definition) is 3. The second kappa shape index (κ2) is 8.24. The molecule has 0 unspecified atom stereocenters. The molecule has 0 aliphatic rings. The molecule has 0 saturated carbocycles. The quantitative estimate of drug-likeness (QED) is 0.795. The smallest absolute Gasteiger partial charge is 0.315 e. The molecular formula is C14H22N2O3. The predicted molar refractivity (Wildman–Crippen MR) is 74.8 cm³/mol. The molecule has 0 bridgehead atoms. The molecule has 1 aromatic rings. The molecule has 2 amide bonds. The topological polar surface area (TPSA) is 59.6 Å². The normalized spacial score (nSPS) is 11.5. The number of urea groups is 1. The van der Waals surface area contributed by atoms with Crippen LogP contribution >= 0.6 is 0 Å². The van der Waals surface area contributed by atoms with Gasteiger partial charge in [0.05, 0.1) is 13.2 Å². The van der Waals surface area contributed by atoms with Crippen molar-refractivity contribution in [2.24, 2.45) is 0 Å². The maximum absolute atomic E-state index is 11.4. The molecule has 0 fully saturated rings. The highest BCUT2D eigenvalue weighted by Gasteiger charge is 2.09. The van der Waals surface area contributed by atoms with Crippen molar-refractivity contribution < 1.29 is 14.3 Å². The molecule has 1 aromatic carbocycles. The summed E-state index contributed by atoms with van der Waals surface area (Å²) in [5.74, 6) is 1.36. The number of hydrogen-bond donors (Lipinski definition) is 2. The lowest BCUT2D eigenvalue weighted by Gasteiger charge is -2.16. The van der Waals surface area contributed by atoms with E-state index in [4.69, 9.17) is 9.47 Å². The van der Waals surface area contributed by atoms with Gasteiger partial charge in [0.1, 0.15) is 6.61 Å². The highest BCUT2D eigenvalue weighted by Crippen LogP contribution is 2.25. The molecular weight excluding hydrogens is 244 g/mol. The van der Waals surface area contributed by atoms with Gasteiger partial charge in [-0.25, -0.2) is 4.79 Å². The van der Waals surface area contributed by atoms with Crippen LogP contribution in [-0.2, 0) is 0 Å². The minimum Gasteiger partial charge on any atom is -0.493 e. The molecule has 0 aliphatic carbocycles. The number of methoxy groups -OCH3 is 1. The first-order valence-corrected chi connectivity index (χ1v) is 6.47. The van der Waals surface area contributed by atoms with Crippen LogP contribution in [0.4, 0.5) is 4.79 Å². The lowest BCUT2D eigenvalue weighted by atomic mass is 10.3. The standard InChI is InChI=1S/C14H22N2O3/c1-4-9-15-14(17)16-11(2)10-19-13-8-6-5-7-12(13)18-3/h5-8,11H,4,9-10H2,1-3H3,(H2,15,16,17)/t11-/m1/s1. The van der Waals surface area contributed by atoms with Crippen LogP contribution in [0.3, 0.4) is 0 Å². The monoisotopic (exact) mass is 266 g/mol. The largest absolute Gasteiger partial charge is 0.493 e. The average Bonchev–Trinajstić information content (AvgIpc) is 2.43. The number of rotatable bonds is 7. The second-order valence-corrected chi connectivity index (χ2v) is 4.26. The van der Waals surface area contributed by atoms with Crippen LogP contribution in [0.15, 0.2) is 24.3 Å². The number of benzene rings is 1. The molecule has 0 heterocycles. The van der Waals surface area contributed by atoms with E-state index < -0.39 is 0 Å². The van der Waals surface area contributed by atoms with Gasteiger partial charge in [-0.05, 0) is 25.5 Å². The number of amides is 2. The van der Waals surface area contributed by atoms with Crippen LogP contribution in [0, 0.1) is 0 Å². The number of carbonyl (C=O) groups excluding carboxylic acids is 1. The molecule has 2 N–H and O–H groups in total. The Bertz CT molecular complexity index is 396. The van der Waals surface area contributed by atoms with Gasteiger partial charge >= 0.3 is 6.03 Å². The number of carbonyl (C=O) groups is 1. The van der Waals surface area contributed by atoms with Crippen LogP contribution in [0.5, 0.6) is 11.5 Å². The lowest BCUT2D eigenvalue weighted by Crippen LogP contribution is -2.43. The van der Waals surface area contributed by atoms with E-state index in [-0.39, 0.29) is 12.1 Å². The first kappa shape index (κ1) is 15.1. The van der Waals surface area contributed by atoms with Crippen LogP contribution in [0.1, 0.15) is 20.3 Å². The second-order valence-electron chi connectivity index (χ2n) is 4.26. The molecule has 0 spiro atoms. The fourth-order valence-electron chi connectivity index (χ4n) is 1.51. The summed E-state index contributed by atoms with van der Waals surface area (Å²) in [7, 11) is 1.60. The van der Waals surface area contributed by atoms with Crippen molar-refractivity contribution in [1.29, 1.82) is 0 Å². The molecule has 0 aromatic heterocycles. The van der Waals surface area contributed by atoms with Crippen LogP contribution in [-0.4, -0.2) is 32.3 Å². The Kier molecular flexibility index (Phi) is 6.57. The van der Waals surface area contributed by atoms with E-state index in [0.717, 1.165) is 6.42 Å². The number of para-hydroxylation sites is 2. The molecule has 0 saturated heterocycles. The Hall–Kier alpha value is -1.91. The summed E-state index contributed by atoms with van der Waals surface area (Å²) in [6.45, 7) is 4.96. The van der Waals surface area contributed by atoms with E-state index in [9.17, 15) is 4.79 Å². The minimum atomic E-state index is -0.169. The summed E-state index contributed by atoms with van der Waals surface area (Å²) in [5, 5.41) is 5.56. The lowest BCUT2D eigenvalue weighted by molar-refractivity contribution is 0.224. The molecule has 19 heavy (non-hydrogen) atoms. The SMILES string of the molecule is CCCNC(=O)N[C@H](C)COc1ccccc1OC. The van der Waals surface area contributed by atoms with E-state index in [1.165, 1.54) is 0 Å². The van der Waals surface area contributed by atoms with Crippen molar-refractivity contribution in [3.63, 3.8) is 0 Å². The first-order chi connectivity index (χ1) is 9.17. The Morgan fingerprint density at radius 3 is 2.63 bits per heavy atom.